The van der Waals surface area contributed by atoms with Crippen molar-refractivity contribution in [2.45, 2.75) is 18.7 Å². The van der Waals surface area contributed by atoms with Gasteiger partial charge in [-0.3, -0.25) is 14.5 Å². The third kappa shape index (κ3) is 5.93. The molecule has 0 unspecified atom stereocenters. The topological polar surface area (TPSA) is 87.7 Å². The molecule has 39 heavy (non-hydrogen) atoms. The summed E-state index contributed by atoms with van der Waals surface area (Å²) in [4.78, 5) is 40.2. The minimum atomic E-state index is -1.03. The van der Waals surface area contributed by atoms with Crippen LogP contribution in [0.15, 0.2) is 103 Å². The lowest BCUT2D eigenvalue weighted by molar-refractivity contribution is -0.121. The van der Waals surface area contributed by atoms with E-state index in [1.54, 1.807) is 60.7 Å². The number of ether oxygens (including phenoxy) is 1. The first-order valence-corrected chi connectivity index (χ1v) is 12.1. The van der Waals surface area contributed by atoms with E-state index in [0.29, 0.717) is 28.1 Å². The fourth-order valence-electron chi connectivity index (χ4n) is 4.29. The minimum Gasteiger partial charge on any atom is -0.438 e. The van der Waals surface area contributed by atoms with E-state index < -0.39 is 41.7 Å². The molecule has 0 bridgehead atoms. The van der Waals surface area contributed by atoms with Crippen molar-refractivity contribution in [1.82, 2.24) is 4.90 Å². The Balaban J connectivity index is 1.38. The van der Waals surface area contributed by atoms with Crippen LogP contribution in [0.3, 0.4) is 0 Å². The number of hydrogen-bond acceptors (Lipinski definition) is 4. The number of nitrogens with one attached hydrogen (secondary N) is 2. The number of anilines is 2. The molecule has 1 fully saturated rings. The summed E-state index contributed by atoms with van der Waals surface area (Å²) in [6, 6.07) is 25.2. The summed E-state index contributed by atoms with van der Waals surface area (Å²) in [5.74, 6) is -1.72. The Bertz CT molecular complexity index is 1480. The Kier molecular flexibility index (Phi) is 7.31. The molecule has 5 rings (SSSR count). The van der Waals surface area contributed by atoms with Crippen LogP contribution in [0.5, 0.6) is 0 Å². The van der Waals surface area contributed by atoms with Crippen LogP contribution < -0.4 is 10.6 Å². The maximum absolute atomic E-state index is 13.5. The van der Waals surface area contributed by atoms with Crippen molar-refractivity contribution < 1.29 is 27.9 Å². The summed E-state index contributed by atoms with van der Waals surface area (Å²) >= 11 is 0. The Morgan fingerprint density at radius 1 is 0.744 bits per heavy atom. The van der Waals surface area contributed by atoms with E-state index in [1.165, 1.54) is 41.3 Å². The second-order valence-electron chi connectivity index (χ2n) is 8.94. The van der Waals surface area contributed by atoms with Gasteiger partial charge in [-0.05, 0) is 71.8 Å². The number of rotatable bonds is 7. The van der Waals surface area contributed by atoms with Crippen LogP contribution in [-0.2, 0) is 16.1 Å². The molecule has 1 saturated heterocycles. The fraction of sp³-hybridized carbons (Fsp3) is 0.100. The van der Waals surface area contributed by atoms with Crippen molar-refractivity contribution in [2.24, 2.45) is 0 Å². The highest BCUT2D eigenvalue weighted by molar-refractivity contribution is 6.04. The van der Waals surface area contributed by atoms with E-state index in [2.05, 4.69) is 10.6 Å². The first-order valence-electron chi connectivity index (χ1n) is 12.1. The van der Waals surface area contributed by atoms with Crippen molar-refractivity contribution in [2.75, 3.05) is 10.6 Å². The van der Waals surface area contributed by atoms with Crippen molar-refractivity contribution >= 4 is 29.3 Å². The molecular weight excluding hydrogens is 504 g/mol. The number of amides is 3. The van der Waals surface area contributed by atoms with Crippen molar-refractivity contribution in [3.63, 3.8) is 0 Å². The molecule has 3 amide bonds. The van der Waals surface area contributed by atoms with Crippen LogP contribution in [0.2, 0.25) is 0 Å². The average Bonchev–Trinajstić information content (AvgIpc) is 3.27. The van der Waals surface area contributed by atoms with Gasteiger partial charge in [0.1, 0.15) is 11.6 Å². The summed E-state index contributed by atoms with van der Waals surface area (Å²) in [5, 5.41) is 5.56. The number of nitrogens with zero attached hydrogens (tertiary/aromatic N) is 1. The van der Waals surface area contributed by atoms with Crippen LogP contribution in [0.4, 0.5) is 25.0 Å². The van der Waals surface area contributed by atoms with Crippen LogP contribution in [0.25, 0.3) is 0 Å². The summed E-state index contributed by atoms with van der Waals surface area (Å²) < 4.78 is 32.2. The number of cyclic esters (lactones) is 1. The molecule has 9 heteroatoms. The molecule has 7 nitrogen and oxygen atoms in total. The average molecular weight is 528 g/mol. The Morgan fingerprint density at radius 3 is 1.97 bits per heavy atom. The van der Waals surface area contributed by atoms with E-state index in [-0.39, 0.29) is 6.54 Å². The molecule has 0 radical (unpaired) electrons. The van der Waals surface area contributed by atoms with Gasteiger partial charge < -0.3 is 15.4 Å². The standard InChI is InChI=1S/C30H23F2N3O4/c31-22-12-6-19(7-13-22)18-35-26(29(37)34-24-4-2-1-3-5-24)27(39-30(35)38)20-10-16-25(17-11-20)33-28(36)21-8-14-23(32)15-9-21/h1-17,26-27H,18H2,(H,33,36)(H,34,37)/t26-,27+/m1/s1. The molecular formula is C30H23F2N3O4. The van der Waals surface area contributed by atoms with Gasteiger partial charge in [0.25, 0.3) is 11.8 Å². The van der Waals surface area contributed by atoms with E-state index in [0.717, 1.165) is 0 Å². The highest BCUT2D eigenvalue weighted by atomic mass is 19.1. The number of carbonyl (C=O) groups is 3. The van der Waals surface area contributed by atoms with E-state index in [1.807, 2.05) is 6.07 Å². The monoisotopic (exact) mass is 527 g/mol. The van der Waals surface area contributed by atoms with Crippen LogP contribution in [-0.4, -0.2) is 28.8 Å². The smallest absolute Gasteiger partial charge is 0.411 e. The lowest BCUT2D eigenvalue weighted by Gasteiger charge is -2.24. The Labute approximate surface area is 223 Å². The minimum absolute atomic E-state index is 0.0360. The maximum Gasteiger partial charge on any atom is 0.411 e. The van der Waals surface area contributed by atoms with Crippen LogP contribution in [0.1, 0.15) is 27.6 Å². The quantitative estimate of drug-likeness (QED) is 0.313. The fourth-order valence-corrected chi connectivity index (χ4v) is 4.29. The van der Waals surface area contributed by atoms with Gasteiger partial charge in [-0.2, -0.15) is 0 Å². The SMILES string of the molecule is O=C(Nc1ccc([C@@H]2OC(=O)N(Cc3ccc(F)cc3)[C@H]2C(=O)Nc2ccccc2)cc1)c1ccc(F)cc1. The summed E-state index contributed by atoms with van der Waals surface area (Å²) in [7, 11) is 0. The summed E-state index contributed by atoms with van der Waals surface area (Å²) in [6.07, 6.45) is -1.63. The van der Waals surface area contributed by atoms with Crippen molar-refractivity contribution in [1.29, 1.82) is 0 Å². The van der Waals surface area contributed by atoms with E-state index in [9.17, 15) is 23.2 Å². The van der Waals surface area contributed by atoms with E-state index >= 15 is 0 Å². The molecule has 0 spiro atoms. The number of benzene rings is 4. The zero-order valence-electron chi connectivity index (χ0n) is 20.5. The molecule has 1 aliphatic rings. The van der Waals surface area contributed by atoms with Gasteiger partial charge in [0, 0.05) is 16.9 Å². The molecule has 2 N–H and O–H groups in total. The van der Waals surface area contributed by atoms with Gasteiger partial charge in [-0.15, -0.1) is 0 Å². The Morgan fingerprint density at radius 2 is 1.33 bits per heavy atom. The highest BCUT2D eigenvalue weighted by Crippen LogP contribution is 2.35. The van der Waals surface area contributed by atoms with Crippen LogP contribution in [0, 0.1) is 11.6 Å². The number of halogens is 2. The lowest BCUT2D eigenvalue weighted by Crippen LogP contribution is -2.43. The lowest BCUT2D eigenvalue weighted by atomic mass is 10.00. The first-order chi connectivity index (χ1) is 18.9. The largest absolute Gasteiger partial charge is 0.438 e. The van der Waals surface area contributed by atoms with Crippen molar-refractivity contribution in [3.8, 4) is 0 Å². The third-order valence-corrected chi connectivity index (χ3v) is 6.26. The van der Waals surface area contributed by atoms with Gasteiger partial charge in [-0.25, -0.2) is 13.6 Å². The van der Waals surface area contributed by atoms with Gasteiger partial charge in [0.2, 0.25) is 0 Å². The number of carbonyl (C=O) groups excluding carboxylic acids is 3. The molecule has 196 valence electrons. The van der Waals surface area contributed by atoms with Gasteiger partial charge in [0.05, 0.1) is 6.54 Å². The normalized spacial score (nSPS) is 16.5. The molecule has 2 atom stereocenters. The molecule has 0 saturated carbocycles. The molecule has 0 aromatic heterocycles. The number of para-hydroxylation sites is 1. The predicted molar refractivity (Wildman–Crippen MR) is 141 cm³/mol. The molecule has 4 aromatic carbocycles. The maximum atomic E-state index is 13.5. The van der Waals surface area contributed by atoms with Crippen molar-refractivity contribution in [3.05, 3.63) is 131 Å². The van der Waals surface area contributed by atoms with Crippen LogP contribution >= 0.6 is 0 Å². The molecule has 1 heterocycles. The zero-order chi connectivity index (χ0) is 27.4. The number of hydrogen-bond donors (Lipinski definition) is 2. The second-order valence-corrected chi connectivity index (χ2v) is 8.94. The van der Waals surface area contributed by atoms with Gasteiger partial charge in [0.15, 0.2) is 12.1 Å². The second kappa shape index (κ2) is 11.1. The molecule has 0 aliphatic carbocycles. The Hall–Kier alpha value is -5.05. The highest BCUT2D eigenvalue weighted by Gasteiger charge is 2.47. The van der Waals surface area contributed by atoms with E-state index in [4.69, 9.17) is 4.74 Å². The molecule has 1 aliphatic heterocycles. The molecule has 4 aromatic rings. The summed E-state index contributed by atoms with van der Waals surface area (Å²) in [5.41, 5.74) is 2.48. The van der Waals surface area contributed by atoms with Gasteiger partial charge in [-0.1, -0.05) is 42.5 Å². The zero-order valence-corrected chi connectivity index (χ0v) is 20.5. The van der Waals surface area contributed by atoms with Gasteiger partial charge >= 0.3 is 6.09 Å². The predicted octanol–water partition coefficient (Wildman–Crippen LogP) is 5.92. The first kappa shape index (κ1) is 25.6. The summed E-state index contributed by atoms with van der Waals surface area (Å²) in [6.45, 7) is 0.0360. The third-order valence-electron chi connectivity index (χ3n) is 6.26.